The summed E-state index contributed by atoms with van der Waals surface area (Å²) >= 11 is 6.13. The number of aryl methyl sites for hydroxylation is 2. The van der Waals surface area contributed by atoms with E-state index in [1.165, 1.54) is 18.3 Å². The van der Waals surface area contributed by atoms with Crippen molar-refractivity contribution in [1.29, 1.82) is 0 Å². The van der Waals surface area contributed by atoms with Crippen LogP contribution < -0.4 is 9.64 Å². The van der Waals surface area contributed by atoms with Crippen LogP contribution in [0.2, 0.25) is 5.02 Å². The van der Waals surface area contributed by atoms with Crippen LogP contribution in [0.3, 0.4) is 0 Å². The van der Waals surface area contributed by atoms with Gasteiger partial charge in [-0.1, -0.05) is 61.8 Å². The topological polar surface area (TPSA) is 95.9 Å². The molecule has 1 amide bonds. The fourth-order valence-corrected chi connectivity index (χ4v) is 5.91. The third-order valence-electron chi connectivity index (χ3n) is 8.28. The molecule has 3 aromatic carbocycles. The van der Waals surface area contributed by atoms with Crippen molar-refractivity contribution in [2.45, 2.75) is 58.3 Å². The minimum absolute atomic E-state index is 0.00762. The van der Waals surface area contributed by atoms with Crippen LogP contribution in [0.25, 0.3) is 0 Å². The van der Waals surface area contributed by atoms with E-state index in [2.05, 4.69) is 23.7 Å². The molecule has 1 aromatic heterocycles. The second-order valence-electron chi connectivity index (χ2n) is 12.5. The van der Waals surface area contributed by atoms with Gasteiger partial charge in [-0.15, -0.1) is 0 Å². The quantitative estimate of drug-likeness (QED) is 0.151. The lowest BCUT2D eigenvalue weighted by molar-refractivity contribution is -0.138. The molecule has 49 heavy (non-hydrogen) atoms. The summed E-state index contributed by atoms with van der Waals surface area (Å²) in [6.45, 7) is 4.57. The molecule has 1 fully saturated rings. The van der Waals surface area contributed by atoms with Gasteiger partial charge in [0.05, 0.1) is 29.5 Å². The fourth-order valence-electron chi connectivity index (χ4n) is 5.78. The number of aromatic nitrogens is 2. The average Bonchev–Trinajstić information content (AvgIpc) is 3.56. The van der Waals surface area contributed by atoms with Gasteiger partial charge in [0, 0.05) is 24.3 Å². The van der Waals surface area contributed by atoms with Crippen molar-refractivity contribution in [3.8, 4) is 5.75 Å². The van der Waals surface area contributed by atoms with Gasteiger partial charge in [0.2, 0.25) is 5.95 Å². The van der Waals surface area contributed by atoms with Crippen molar-refractivity contribution in [1.82, 2.24) is 14.9 Å². The molecule has 0 aliphatic carbocycles. The van der Waals surface area contributed by atoms with Gasteiger partial charge in [-0.25, -0.2) is 9.97 Å². The average molecular weight is 695 g/mol. The van der Waals surface area contributed by atoms with Crippen molar-refractivity contribution in [3.05, 3.63) is 118 Å². The first-order valence-corrected chi connectivity index (χ1v) is 16.5. The van der Waals surface area contributed by atoms with Crippen LogP contribution in [0.5, 0.6) is 5.75 Å². The fraction of sp³-hybridized carbons (Fsp3) is 0.351. The van der Waals surface area contributed by atoms with Gasteiger partial charge >= 0.3 is 12.1 Å². The predicted octanol–water partition coefficient (Wildman–Crippen LogP) is 8.04. The van der Waals surface area contributed by atoms with Gasteiger partial charge in [0.25, 0.3) is 5.91 Å². The minimum Gasteiger partial charge on any atom is -0.493 e. The molecule has 4 aromatic rings. The number of alkyl halides is 3. The molecule has 5 rings (SSSR count). The van der Waals surface area contributed by atoms with Crippen LogP contribution in [-0.2, 0) is 30.4 Å². The molecule has 1 saturated heterocycles. The van der Waals surface area contributed by atoms with E-state index in [4.69, 9.17) is 21.3 Å². The summed E-state index contributed by atoms with van der Waals surface area (Å²) in [7, 11) is 0. The van der Waals surface area contributed by atoms with Crippen LogP contribution >= 0.6 is 11.6 Å². The molecule has 1 atom stereocenters. The Hall–Kier alpha value is -4.64. The molecular weight excluding hydrogens is 657 g/mol. The van der Waals surface area contributed by atoms with E-state index in [1.54, 1.807) is 0 Å². The summed E-state index contributed by atoms with van der Waals surface area (Å²) in [5.74, 6) is -0.294. The number of anilines is 1. The molecule has 258 valence electrons. The predicted molar refractivity (Wildman–Crippen MR) is 181 cm³/mol. The maximum Gasteiger partial charge on any atom is 0.416 e. The summed E-state index contributed by atoms with van der Waals surface area (Å²) in [5, 5.41) is 10.3. The number of carbonyl (C=O) groups excluding carboxylic acids is 1. The number of halogens is 4. The van der Waals surface area contributed by atoms with Gasteiger partial charge in [0.1, 0.15) is 12.3 Å². The van der Waals surface area contributed by atoms with Gasteiger partial charge in [-0.2, -0.15) is 13.2 Å². The Morgan fingerprint density at radius 1 is 1.00 bits per heavy atom. The molecule has 1 aliphatic rings. The Kier molecular flexibility index (Phi) is 11.4. The smallest absolute Gasteiger partial charge is 0.416 e. The van der Waals surface area contributed by atoms with Crippen molar-refractivity contribution in [2.75, 3.05) is 24.6 Å². The molecule has 0 saturated carbocycles. The number of nitrogens with zero attached hydrogens (tertiary/aromatic N) is 4. The maximum absolute atomic E-state index is 14.0. The first-order valence-electron chi connectivity index (χ1n) is 16.1. The Balaban J connectivity index is 1.44. The van der Waals surface area contributed by atoms with E-state index in [0.717, 1.165) is 46.8 Å². The second-order valence-corrected chi connectivity index (χ2v) is 13.0. The van der Waals surface area contributed by atoms with E-state index >= 15 is 0 Å². The summed E-state index contributed by atoms with van der Waals surface area (Å²) in [5.41, 5.74) is 2.15. The van der Waals surface area contributed by atoms with Crippen LogP contribution in [0.4, 0.5) is 19.1 Å². The second kappa shape index (κ2) is 15.7. The summed E-state index contributed by atoms with van der Waals surface area (Å²) in [6.07, 6.45) is -0.416. The Morgan fingerprint density at radius 2 is 1.67 bits per heavy atom. The highest BCUT2D eigenvalue weighted by Gasteiger charge is 2.32. The van der Waals surface area contributed by atoms with Crippen molar-refractivity contribution in [2.24, 2.45) is 5.92 Å². The highest BCUT2D eigenvalue weighted by atomic mass is 35.5. The molecule has 0 radical (unpaired) electrons. The Morgan fingerprint density at radius 3 is 2.31 bits per heavy atom. The number of hydrogen-bond donors (Lipinski definition) is 1. The number of carboxylic acid groups (broad SMARTS) is 1. The first kappa shape index (κ1) is 35.7. The number of amides is 1. The van der Waals surface area contributed by atoms with Crippen LogP contribution in [0.15, 0.2) is 79.0 Å². The SMILES string of the molecule is CC(C)COc1ccc(CCc2nc(N3CCC[C@@H]3c3ccc(Cl)cc3)ncc2C(=O)N(CC(=O)O)Cc2ccc(C(F)(F)F)cc2)cc1. The number of rotatable bonds is 13. The van der Waals surface area contributed by atoms with E-state index in [1.807, 2.05) is 48.5 Å². The van der Waals surface area contributed by atoms with Crippen molar-refractivity contribution >= 4 is 29.4 Å². The largest absolute Gasteiger partial charge is 0.493 e. The Labute approximate surface area is 288 Å². The van der Waals surface area contributed by atoms with E-state index < -0.39 is 30.2 Å². The van der Waals surface area contributed by atoms with Gasteiger partial charge < -0.3 is 19.6 Å². The van der Waals surface area contributed by atoms with Gasteiger partial charge in [-0.05, 0) is 84.7 Å². The Bertz CT molecular complexity index is 1730. The number of carboxylic acids is 1. The molecule has 0 spiro atoms. The lowest BCUT2D eigenvalue weighted by Gasteiger charge is -2.27. The van der Waals surface area contributed by atoms with Crippen LogP contribution in [-0.4, -0.2) is 51.5 Å². The highest BCUT2D eigenvalue weighted by Crippen LogP contribution is 2.35. The zero-order valence-electron chi connectivity index (χ0n) is 27.3. The number of aliphatic carboxylic acids is 1. The van der Waals surface area contributed by atoms with Gasteiger partial charge in [0.15, 0.2) is 0 Å². The summed E-state index contributed by atoms with van der Waals surface area (Å²) < 4.78 is 45.2. The normalized spacial score (nSPS) is 14.7. The monoisotopic (exact) mass is 694 g/mol. The standard InChI is InChI=1S/C37H38ClF3N4O4/c1-24(2)23-49-30-16-7-25(8-17-30)9-18-32-31(20-42-36(43-32)45-19-3-4-33(45)27-10-14-29(38)15-11-27)35(48)44(22-34(46)47)21-26-5-12-28(13-6-26)37(39,40)41/h5-8,10-17,20,24,33H,3-4,9,18-19,21-23H2,1-2H3,(H,46,47)/t33-/m1/s1. The molecule has 12 heteroatoms. The summed E-state index contributed by atoms with van der Waals surface area (Å²) in [4.78, 5) is 38.6. The summed E-state index contributed by atoms with van der Waals surface area (Å²) in [6, 6.07) is 19.7. The zero-order chi connectivity index (χ0) is 35.1. The first-order chi connectivity index (χ1) is 23.4. The van der Waals surface area contributed by atoms with E-state index in [-0.39, 0.29) is 18.2 Å². The minimum atomic E-state index is -4.52. The van der Waals surface area contributed by atoms with Crippen molar-refractivity contribution in [3.63, 3.8) is 0 Å². The molecule has 8 nitrogen and oxygen atoms in total. The highest BCUT2D eigenvalue weighted by molar-refractivity contribution is 6.30. The zero-order valence-corrected chi connectivity index (χ0v) is 28.0. The number of carbonyl (C=O) groups is 2. The number of hydrogen-bond acceptors (Lipinski definition) is 6. The van der Waals surface area contributed by atoms with Gasteiger partial charge in [-0.3, -0.25) is 9.59 Å². The maximum atomic E-state index is 14.0. The van der Waals surface area contributed by atoms with Crippen molar-refractivity contribution < 1.29 is 32.6 Å². The number of ether oxygens (including phenoxy) is 1. The third-order valence-corrected chi connectivity index (χ3v) is 8.53. The van der Waals surface area contributed by atoms with Crippen LogP contribution in [0, 0.1) is 5.92 Å². The third kappa shape index (κ3) is 9.50. The van der Waals surface area contributed by atoms with E-state index in [0.29, 0.717) is 54.1 Å². The molecular formula is C37H38ClF3N4O4. The molecule has 2 heterocycles. The number of benzene rings is 3. The van der Waals surface area contributed by atoms with Crippen LogP contribution in [0.1, 0.15) is 71.0 Å². The molecule has 0 bridgehead atoms. The molecule has 1 aliphatic heterocycles. The lowest BCUT2D eigenvalue weighted by atomic mass is 10.0. The molecule has 0 unspecified atom stereocenters. The molecule has 1 N–H and O–H groups in total. The lowest BCUT2D eigenvalue weighted by Crippen LogP contribution is -2.36. The van der Waals surface area contributed by atoms with E-state index in [9.17, 15) is 27.9 Å².